The van der Waals surface area contributed by atoms with Crippen molar-refractivity contribution >= 4 is 17.5 Å². The number of hydrogen-bond acceptors (Lipinski definition) is 11. The van der Waals surface area contributed by atoms with Crippen LogP contribution >= 0.6 is 0 Å². The van der Waals surface area contributed by atoms with E-state index in [9.17, 15) is 39.9 Å². The van der Waals surface area contributed by atoms with Crippen molar-refractivity contribution in [1.82, 2.24) is 0 Å². The molecule has 5 atom stereocenters. The third-order valence-corrected chi connectivity index (χ3v) is 6.13. The highest BCUT2D eigenvalue weighted by atomic mass is 16.7. The zero-order chi connectivity index (χ0) is 25.8. The van der Waals surface area contributed by atoms with Crippen LogP contribution in [0.15, 0.2) is 18.2 Å². The normalized spacial score (nSPS) is 25.6. The van der Waals surface area contributed by atoms with Crippen LogP contribution in [0.4, 0.5) is 0 Å². The van der Waals surface area contributed by atoms with Gasteiger partial charge in [-0.2, -0.15) is 0 Å². The Labute approximate surface area is 199 Å². The average molecular weight is 488 g/mol. The Kier molecular flexibility index (Phi) is 6.38. The van der Waals surface area contributed by atoms with E-state index in [4.69, 9.17) is 14.2 Å². The lowest BCUT2D eigenvalue weighted by atomic mass is 9.80. The number of ether oxygens (including phenoxy) is 3. The number of carbonyl (C=O) groups is 3. The van der Waals surface area contributed by atoms with Gasteiger partial charge in [0.15, 0.2) is 11.6 Å². The molecular weight excluding hydrogens is 464 g/mol. The van der Waals surface area contributed by atoms with Crippen LogP contribution in [0, 0.1) is 6.92 Å². The maximum absolute atomic E-state index is 13.4. The smallest absolute Gasteiger partial charge is 0.308 e. The van der Waals surface area contributed by atoms with Crippen LogP contribution in [0.1, 0.15) is 56.8 Å². The summed E-state index contributed by atoms with van der Waals surface area (Å²) in [5.41, 5.74) is -0.679. The van der Waals surface area contributed by atoms with Gasteiger partial charge in [-0.1, -0.05) is 0 Å². The van der Waals surface area contributed by atoms with Gasteiger partial charge in [0.05, 0.1) is 18.3 Å². The van der Waals surface area contributed by atoms with Gasteiger partial charge in [0, 0.05) is 29.2 Å². The molecule has 186 valence electrons. The second-order valence-corrected chi connectivity index (χ2v) is 8.49. The number of benzene rings is 2. The Morgan fingerprint density at radius 1 is 1.00 bits per heavy atom. The molecule has 0 spiro atoms. The largest absolute Gasteiger partial charge is 0.507 e. The molecule has 1 heterocycles. The van der Waals surface area contributed by atoms with E-state index in [1.807, 2.05) is 0 Å². The van der Waals surface area contributed by atoms with E-state index in [2.05, 4.69) is 0 Å². The summed E-state index contributed by atoms with van der Waals surface area (Å²) in [6.45, 7) is 3.41. The van der Waals surface area contributed by atoms with E-state index in [1.165, 1.54) is 32.0 Å². The lowest BCUT2D eigenvalue weighted by Gasteiger charge is -2.39. The van der Waals surface area contributed by atoms with Crippen LogP contribution in [0.3, 0.4) is 0 Å². The first-order valence-electron chi connectivity index (χ1n) is 10.7. The standard InChI is InChI=1S/C24H24O11/c1-8-15(35-24-23(32)22(31)19(28)9(2)33-24)6-14-17(18(8)27)21(30)16-11(7-25)4-12(34-10(3)26)5-13(16)20(14)29/h4-6,9,19,22-25,27-28,31-32H,7H2,1-3H3/t9-,19+,22+,23+,24+/m0/s1. The van der Waals surface area contributed by atoms with E-state index >= 15 is 0 Å². The summed E-state index contributed by atoms with van der Waals surface area (Å²) in [5, 5.41) is 50.8. The monoisotopic (exact) mass is 488 g/mol. The molecule has 0 aromatic heterocycles. The molecule has 2 aromatic carbocycles. The fraction of sp³-hybridized carbons (Fsp3) is 0.375. The third-order valence-electron chi connectivity index (χ3n) is 6.13. The highest BCUT2D eigenvalue weighted by Crippen LogP contribution is 2.42. The summed E-state index contributed by atoms with van der Waals surface area (Å²) in [5.74, 6) is -2.79. The zero-order valence-electron chi connectivity index (χ0n) is 19.0. The van der Waals surface area contributed by atoms with Crippen LogP contribution < -0.4 is 9.47 Å². The number of phenolic OH excluding ortho intramolecular Hbond substituents is 1. The topological polar surface area (TPSA) is 180 Å². The molecule has 4 rings (SSSR count). The summed E-state index contributed by atoms with van der Waals surface area (Å²) in [7, 11) is 0. The second kappa shape index (κ2) is 9.02. The van der Waals surface area contributed by atoms with Crippen molar-refractivity contribution in [3.63, 3.8) is 0 Å². The van der Waals surface area contributed by atoms with E-state index in [-0.39, 0.29) is 44.9 Å². The minimum Gasteiger partial charge on any atom is -0.507 e. The summed E-state index contributed by atoms with van der Waals surface area (Å²) < 4.78 is 16.1. The van der Waals surface area contributed by atoms with E-state index < -0.39 is 60.6 Å². The number of ketones is 2. The third kappa shape index (κ3) is 4.07. The summed E-state index contributed by atoms with van der Waals surface area (Å²) in [4.78, 5) is 38.1. The molecule has 11 nitrogen and oxygen atoms in total. The molecule has 1 fully saturated rings. The molecule has 5 N–H and O–H groups in total. The first-order valence-corrected chi connectivity index (χ1v) is 10.7. The van der Waals surface area contributed by atoms with Crippen molar-refractivity contribution in [3.8, 4) is 17.2 Å². The number of phenols is 1. The predicted molar refractivity (Wildman–Crippen MR) is 116 cm³/mol. The lowest BCUT2D eigenvalue weighted by molar-refractivity contribution is -0.268. The van der Waals surface area contributed by atoms with Gasteiger partial charge in [0.25, 0.3) is 0 Å². The van der Waals surface area contributed by atoms with Crippen molar-refractivity contribution in [1.29, 1.82) is 0 Å². The van der Waals surface area contributed by atoms with Crippen LogP contribution in [-0.4, -0.2) is 73.8 Å². The highest BCUT2D eigenvalue weighted by molar-refractivity contribution is 6.30. The number of fused-ring (bicyclic) bond motifs is 2. The van der Waals surface area contributed by atoms with Crippen molar-refractivity contribution in [2.24, 2.45) is 0 Å². The molecule has 0 unspecified atom stereocenters. The number of carbonyl (C=O) groups excluding carboxylic acids is 3. The predicted octanol–water partition coefficient (Wildman–Crippen LogP) is 0.0999. The van der Waals surface area contributed by atoms with Crippen molar-refractivity contribution < 1.29 is 54.1 Å². The van der Waals surface area contributed by atoms with Crippen molar-refractivity contribution in [2.45, 2.75) is 58.1 Å². The van der Waals surface area contributed by atoms with Gasteiger partial charge in [0.2, 0.25) is 6.29 Å². The van der Waals surface area contributed by atoms with Gasteiger partial charge in [-0.15, -0.1) is 0 Å². The molecule has 1 aliphatic heterocycles. The second-order valence-electron chi connectivity index (χ2n) is 8.49. The van der Waals surface area contributed by atoms with Gasteiger partial charge < -0.3 is 39.7 Å². The fourth-order valence-electron chi connectivity index (χ4n) is 4.25. The van der Waals surface area contributed by atoms with E-state index in [0.717, 1.165) is 6.92 Å². The van der Waals surface area contributed by atoms with Gasteiger partial charge in [0.1, 0.15) is 35.6 Å². The van der Waals surface area contributed by atoms with Crippen molar-refractivity contribution in [2.75, 3.05) is 0 Å². The van der Waals surface area contributed by atoms with Crippen LogP contribution in [0.2, 0.25) is 0 Å². The molecule has 2 aliphatic rings. The van der Waals surface area contributed by atoms with Crippen LogP contribution in [-0.2, 0) is 16.1 Å². The summed E-state index contributed by atoms with van der Waals surface area (Å²) >= 11 is 0. The quantitative estimate of drug-likeness (QED) is 0.248. The van der Waals surface area contributed by atoms with E-state index in [1.54, 1.807) is 0 Å². The van der Waals surface area contributed by atoms with Crippen LogP contribution in [0.25, 0.3) is 0 Å². The number of aliphatic hydroxyl groups excluding tert-OH is 4. The van der Waals surface area contributed by atoms with Crippen molar-refractivity contribution in [3.05, 3.63) is 51.6 Å². The molecule has 0 radical (unpaired) electrons. The molecule has 1 aliphatic carbocycles. The Hall–Kier alpha value is -3.35. The molecule has 0 bridgehead atoms. The van der Waals surface area contributed by atoms with E-state index in [0.29, 0.717) is 0 Å². The Morgan fingerprint density at radius 3 is 2.29 bits per heavy atom. The summed E-state index contributed by atoms with van der Waals surface area (Å²) in [6.07, 6.45) is -6.91. The minimum atomic E-state index is -1.64. The number of aromatic hydroxyl groups is 1. The Bertz CT molecular complexity index is 1230. The van der Waals surface area contributed by atoms with Crippen LogP contribution in [0.5, 0.6) is 17.2 Å². The van der Waals surface area contributed by atoms with Gasteiger partial charge in [-0.25, -0.2) is 0 Å². The first-order chi connectivity index (χ1) is 16.5. The Balaban J connectivity index is 1.80. The lowest BCUT2D eigenvalue weighted by Crippen LogP contribution is -2.58. The number of esters is 1. The minimum absolute atomic E-state index is 0.0420. The van der Waals surface area contributed by atoms with Gasteiger partial charge >= 0.3 is 5.97 Å². The Morgan fingerprint density at radius 2 is 1.66 bits per heavy atom. The molecular formula is C24H24O11. The number of hydrogen-bond donors (Lipinski definition) is 5. The SMILES string of the molecule is CC(=O)Oc1cc(CO)c2c(c1)C(=O)c1cc(O[C@H]3O[C@@H](C)[C@@H](O)[C@@H](O)[C@H]3O)c(C)c(O)c1C2=O. The number of rotatable bonds is 4. The fourth-order valence-corrected chi connectivity index (χ4v) is 4.25. The maximum atomic E-state index is 13.4. The average Bonchev–Trinajstić information content (AvgIpc) is 2.81. The zero-order valence-corrected chi connectivity index (χ0v) is 19.0. The van der Waals surface area contributed by atoms with Gasteiger partial charge in [-0.05, 0) is 37.6 Å². The molecule has 11 heteroatoms. The van der Waals surface area contributed by atoms with Gasteiger partial charge in [-0.3, -0.25) is 14.4 Å². The number of aliphatic hydroxyl groups is 4. The molecule has 35 heavy (non-hydrogen) atoms. The highest BCUT2D eigenvalue weighted by Gasteiger charge is 2.44. The molecule has 1 saturated heterocycles. The summed E-state index contributed by atoms with van der Waals surface area (Å²) in [6, 6.07) is 3.66. The maximum Gasteiger partial charge on any atom is 0.308 e. The first kappa shape index (κ1) is 24.8. The molecule has 0 amide bonds. The molecule has 2 aromatic rings. The molecule has 0 saturated carbocycles.